The molecule has 3 aliphatic rings. The van der Waals surface area contributed by atoms with E-state index in [0.29, 0.717) is 25.2 Å². The third kappa shape index (κ3) is 15.9. The lowest BCUT2D eigenvalue weighted by molar-refractivity contribution is -0.150. The average Bonchev–Trinajstić information content (AvgIpc) is 2.69. The summed E-state index contributed by atoms with van der Waals surface area (Å²) in [7, 11) is 0. The molecule has 33 heavy (non-hydrogen) atoms. The average molecular weight is 475 g/mol. The molecule has 0 unspecified atom stereocenters. The van der Waals surface area contributed by atoms with Crippen LogP contribution in [0.2, 0.25) is 0 Å². The first-order chi connectivity index (χ1) is 14.7. The standard InChI is InChI=1S/C10H18O3.C8H14O3.C6H10O.2CH4/c1-2-13-9(11)8-10(12)6-4-3-5-7-10;9-7(10)6-8(11)4-2-1-3-5-8;7-6-4-2-1-3-5-6;;/h12H,2-8H2,1H3;11H,1-6H2,(H,9,10);1-5H2;2*1H4. The number of ketones is 1. The van der Waals surface area contributed by atoms with E-state index in [-0.39, 0.29) is 33.7 Å². The number of aliphatic carboxylic acids is 1. The normalized spacial score (nSPS) is 20.8. The molecule has 3 fully saturated rings. The van der Waals surface area contributed by atoms with Gasteiger partial charge in [-0.3, -0.25) is 14.4 Å². The molecule has 0 aliphatic heterocycles. The number of carbonyl (C=O) groups is 3. The summed E-state index contributed by atoms with van der Waals surface area (Å²) >= 11 is 0. The fraction of sp³-hybridized carbons (Fsp3) is 0.885. The van der Waals surface area contributed by atoms with Crippen LogP contribution in [-0.4, -0.2) is 50.9 Å². The molecule has 0 radical (unpaired) electrons. The lowest BCUT2D eigenvalue weighted by Gasteiger charge is -2.30. The molecule has 0 aromatic carbocycles. The van der Waals surface area contributed by atoms with Gasteiger partial charge < -0.3 is 20.1 Å². The molecule has 3 saturated carbocycles. The molecule has 3 aliphatic carbocycles. The van der Waals surface area contributed by atoms with E-state index in [2.05, 4.69) is 0 Å². The Kier molecular flexibility index (Phi) is 18.3. The van der Waals surface area contributed by atoms with Gasteiger partial charge in [0, 0.05) is 12.8 Å². The first kappa shape index (κ1) is 33.7. The summed E-state index contributed by atoms with van der Waals surface area (Å²) in [5.41, 5.74) is -1.67. The Morgan fingerprint density at radius 3 is 1.48 bits per heavy atom. The van der Waals surface area contributed by atoms with E-state index in [0.717, 1.165) is 70.6 Å². The molecule has 0 heterocycles. The number of carboxylic acids is 1. The second-order valence-corrected chi connectivity index (χ2v) is 9.22. The van der Waals surface area contributed by atoms with Crippen LogP contribution < -0.4 is 0 Å². The first-order valence-electron chi connectivity index (χ1n) is 12.0. The zero-order valence-electron chi connectivity index (χ0n) is 19.2. The Morgan fingerprint density at radius 2 is 1.15 bits per heavy atom. The van der Waals surface area contributed by atoms with Crippen LogP contribution in [0.1, 0.15) is 131 Å². The smallest absolute Gasteiger partial charge is 0.308 e. The van der Waals surface area contributed by atoms with Crippen molar-refractivity contribution in [3.63, 3.8) is 0 Å². The topological polar surface area (TPSA) is 121 Å². The highest BCUT2D eigenvalue weighted by Crippen LogP contribution is 2.31. The Morgan fingerprint density at radius 1 is 0.758 bits per heavy atom. The molecule has 0 bridgehead atoms. The maximum absolute atomic E-state index is 11.1. The van der Waals surface area contributed by atoms with Gasteiger partial charge in [-0.2, -0.15) is 0 Å². The van der Waals surface area contributed by atoms with E-state index in [4.69, 9.17) is 9.84 Å². The van der Waals surface area contributed by atoms with Crippen LogP contribution in [0.25, 0.3) is 0 Å². The van der Waals surface area contributed by atoms with Gasteiger partial charge in [-0.25, -0.2) is 0 Å². The van der Waals surface area contributed by atoms with Crippen LogP contribution in [0, 0.1) is 0 Å². The summed E-state index contributed by atoms with van der Waals surface area (Å²) < 4.78 is 4.81. The van der Waals surface area contributed by atoms with Crippen LogP contribution >= 0.6 is 0 Å². The van der Waals surface area contributed by atoms with Crippen molar-refractivity contribution in [1.82, 2.24) is 0 Å². The summed E-state index contributed by atoms with van der Waals surface area (Å²) in [6.45, 7) is 2.18. The van der Waals surface area contributed by atoms with Crippen molar-refractivity contribution < 1.29 is 34.4 Å². The highest BCUT2D eigenvalue weighted by molar-refractivity contribution is 5.78. The monoisotopic (exact) mass is 474 g/mol. The minimum Gasteiger partial charge on any atom is -0.481 e. The van der Waals surface area contributed by atoms with Crippen LogP contribution in [-0.2, 0) is 19.1 Å². The van der Waals surface area contributed by atoms with Gasteiger partial charge >= 0.3 is 11.9 Å². The molecule has 0 saturated heterocycles. The third-order valence-electron chi connectivity index (χ3n) is 6.24. The van der Waals surface area contributed by atoms with Crippen molar-refractivity contribution >= 4 is 17.7 Å². The maximum atomic E-state index is 11.1. The molecule has 0 aromatic rings. The molecule has 0 spiro atoms. The Labute approximate surface area is 201 Å². The number of aliphatic hydroxyl groups is 2. The Balaban J connectivity index is 0. The quantitative estimate of drug-likeness (QED) is 0.444. The predicted molar refractivity (Wildman–Crippen MR) is 131 cm³/mol. The lowest BCUT2D eigenvalue weighted by atomic mass is 9.82. The Hall–Kier alpha value is -1.47. The van der Waals surface area contributed by atoms with Crippen molar-refractivity contribution in [3.8, 4) is 0 Å². The van der Waals surface area contributed by atoms with E-state index in [1.165, 1.54) is 12.8 Å². The second-order valence-electron chi connectivity index (χ2n) is 9.22. The SMILES string of the molecule is C.C.CCOC(=O)CC1(O)CCCCC1.O=C(O)CC1(O)CCCCC1.O=C1CCCCC1. The van der Waals surface area contributed by atoms with Crippen molar-refractivity contribution in [2.75, 3.05) is 6.61 Å². The fourth-order valence-electron chi connectivity index (χ4n) is 4.48. The summed E-state index contributed by atoms with van der Waals surface area (Å²) in [6.07, 6.45) is 14.4. The maximum Gasteiger partial charge on any atom is 0.308 e. The minimum absolute atomic E-state index is 0. The number of Topliss-reactive ketones (excluding diaryl/α,β-unsaturated/α-hetero) is 1. The van der Waals surface area contributed by atoms with Crippen molar-refractivity contribution in [2.45, 2.75) is 142 Å². The zero-order valence-corrected chi connectivity index (χ0v) is 19.2. The van der Waals surface area contributed by atoms with Crippen LogP contribution in [0.15, 0.2) is 0 Å². The van der Waals surface area contributed by atoms with Crippen molar-refractivity contribution in [3.05, 3.63) is 0 Å². The first-order valence-corrected chi connectivity index (χ1v) is 12.0. The van der Waals surface area contributed by atoms with Gasteiger partial charge in [-0.05, 0) is 45.4 Å². The van der Waals surface area contributed by atoms with E-state index in [9.17, 15) is 24.6 Å². The number of hydrogen-bond acceptors (Lipinski definition) is 6. The number of hydrogen-bond donors (Lipinski definition) is 3. The number of carbonyl (C=O) groups excluding carboxylic acids is 2. The molecule has 3 N–H and O–H groups in total. The highest BCUT2D eigenvalue weighted by atomic mass is 16.5. The van der Waals surface area contributed by atoms with Crippen molar-refractivity contribution in [2.24, 2.45) is 0 Å². The molecule has 0 atom stereocenters. The van der Waals surface area contributed by atoms with Gasteiger partial charge in [0.2, 0.25) is 0 Å². The van der Waals surface area contributed by atoms with Gasteiger partial charge in [0.15, 0.2) is 0 Å². The highest BCUT2D eigenvalue weighted by Gasteiger charge is 2.32. The van der Waals surface area contributed by atoms with Gasteiger partial charge in [-0.1, -0.05) is 59.8 Å². The number of ether oxygens (including phenoxy) is 1. The zero-order chi connectivity index (χ0) is 23.2. The van der Waals surface area contributed by atoms with E-state index in [1.54, 1.807) is 6.92 Å². The largest absolute Gasteiger partial charge is 0.481 e. The molecular formula is C26H50O7. The lowest BCUT2D eigenvalue weighted by Crippen LogP contribution is -2.34. The summed E-state index contributed by atoms with van der Waals surface area (Å²) in [6, 6.07) is 0. The van der Waals surface area contributed by atoms with Crippen LogP contribution in [0.5, 0.6) is 0 Å². The molecule has 7 nitrogen and oxygen atoms in total. The van der Waals surface area contributed by atoms with E-state index < -0.39 is 17.2 Å². The van der Waals surface area contributed by atoms with Crippen LogP contribution in [0.3, 0.4) is 0 Å². The third-order valence-corrected chi connectivity index (χ3v) is 6.24. The molecule has 0 aromatic heterocycles. The van der Waals surface area contributed by atoms with E-state index >= 15 is 0 Å². The predicted octanol–water partition coefficient (Wildman–Crippen LogP) is 5.58. The van der Waals surface area contributed by atoms with E-state index in [1.807, 2.05) is 0 Å². The van der Waals surface area contributed by atoms with Crippen molar-refractivity contribution in [1.29, 1.82) is 0 Å². The molecule has 0 amide bonds. The summed E-state index contributed by atoms with van der Waals surface area (Å²) in [5, 5.41) is 28.1. The molecule has 196 valence electrons. The van der Waals surface area contributed by atoms with Gasteiger partial charge in [0.25, 0.3) is 0 Å². The van der Waals surface area contributed by atoms with Crippen LogP contribution in [0.4, 0.5) is 0 Å². The number of carboxylic acid groups (broad SMARTS) is 1. The molecule has 7 heteroatoms. The second kappa shape index (κ2) is 17.9. The minimum atomic E-state index is -0.899. The number of esters is 1. The fourth-order valence-corrected chi connectivity index (χ4v) is 4.48. The van der Waals surface area contributed by atoms with Gasteiger partial charge in [0.1, 0.15) is 5.78 Å². The summed E-state index contributed by atoms with van der Waals surface area (Å²) in [5.74, 6) is -0.701. The number of rotatable bonds is 5. The van der Waals surface area contributed by atoms with Gasteiger partial charge in [0.05, 0.1) is 30.7 Å². The Bertz CT molecular complexity index is 539. The summed E-state index contributed by atoms with van der Waals surface area (Å²) in [4.78, 5) is 31.9. The molecule has 3 rings (SSSR count). The van der Waals surface area contributed by atoms with Gasteiger partial charge in [-0.15, -0.1) is 0 Å². The molecular weight excluding hydrogens is 424 g/mol.